The summed E-state index contributed by atoms with van der Waals surface area (Å²) < 4.78 is 37.0. The molecule has 1 unspecified atom stereocenters. The van der Waals surface area contributed by atoms with Crippen LogP contribution in [0.5, 0.6) is 28.7 Å². The summed E-state index contributed by atoms with van der Waals surface area (Å²) in [5, 5.41) is 0. The number of likely N-dealkylation sites (N-methyl/N-ethyl adjacent to an activating group) is 1. The normalized spacial score (nSPS) is 21.7. The number of rotatable bonds is 14. The Morgan fingerprint density at radius 1 is 0.870 bits per heavy atom. The van der Waals surface area contributed by atoms with E-state index in [-0.39, 0.29) is 18.3 Å². The number of hydrogen-bond acceptors (Lipinski definition) is 9. The van der Waals surface area contributed by atoms with Crippen LogP contribution < -0.4 is 23.7 Å². The number of fused-ring (bicyclic) bond motifs is 7. The first-order valence-corrected chi connectivity index (χ1v) is 16.3. The quantitative estimate of drug-likeness (QED) is 0.186. The zero-order valence-corrected chi connectivity index (χ0v) is 28.5. The maximum Gasteiger partial charge on any atom is 0.243 e. The van der Waals surface area contributed by atoms with Gasteiger partial charge in [-0.05, 0) is 51.3 Å². The third-order valence-electron chi connectivity index (χ3n) is 9.44. The van der Waals surface area contributed by atoms with Gasteiger partial charge in [0.25, 0.3) is 0 Å². The molecular formula is C36H48N2O8. The zero-order valence-electron chi connectivity index (χ0n) is 28.5. The second-order valence-electron chi connectivity index (χ2n) is 12.2. The van der Waals surface area contributed by atoms with Crippen molar-refractivity contribution in [3.05, 3.63) is 52.1 Å². The molecule has 0 spiro atoms. The van der Waals surface area contributed by atoms with Crippen molar-refractivity contribution in [1.82, 2.24) is 9.80 Å². The predicted octanol–water partition coefficient (Wildman–Crippen LogP) is 5.89. The summed E-state index contributed by atoms with van der Waals surface area (Å²) in [6.07, 6.45) is 4.69. The number of carbonyl (C=O) groups is 2. The zero-order chi connectivity index (χ0) is 33.3. The third kappa shape index (κ3) is 5.29. The molecule has 2 aromatic rings. The Morgan fingerprint density at radius 2 is 1.54 bits per heavy atom. The molecule has 10 heteroatoms. The smallest absolute Gasteiger partial charge is 0.243 e. The molecule has 3 aliphatic rings. The van der Waals surface area contributed by atoms with Gasteiger partial charge in [0, 0.05) is 17.7 Å². The fraction of sp³-hybridized carbons (Fsp3) is 0.556. The minimum absolute atomic E-state index is 0.171. The van der Waals surface area contributed by atoms with Gasteiger partial charge >= 0.3 is 0 Å². The van der Waals surface area contributed by atoms with Crippen LogP contribution in [-0.2, 0) is 16.0 Å². The molecule has 1 fully saturated rings. The number of ketones is 1. The van der Waals surface area contributed by atoms with E-state index in [9.17, 15) is 4.79 Å². The summed E-state index contributed by atoms with van der Waals surface area (Å²) in [6.45, 7) is 12.9. The van der Waals surface area contributed by atoms with E-state index in [1.807, 2.05) is 25.8 Å². The number of methoxy groups -OCH3 is 3. The van der Waals surface area contributed by atoms with Crippen LogP contribution in [0.15, 0.2) is 18.7 Å². The summed E-state index contributed by atoms with van der Waals surface area (Å²) in [6, 6.07) is 0.100. The van der Waals surface area contributed by atoms with Crippen molar-refractivity contribution in [2.75, 3.05) is 48.2 Å². The van der Waals surface area contributed by atoms with Gasteiger partial charge in [0.15, 0.2) is 35.0 Å². The summed E-state index contributed by atoms with van der Waals surface area (Å²) in [5.41, 5.74) is 4.17. The van der Waals surface area contributed by atoms with Crippen LogP contribution in [-0.4, -0.2) is 81.8 Å². The number of Topliss-reactive ketones (excluding diaryl/α,β-unsaturated/α-hetero) is 1. The monoisotopic (exact) mass is 636 g/mol. The second kappa shape index (κ2) is 13.9. The van der Waals surface area contributed by atoms with E-state index >= 15 is 4.79 Å². The van der Waals surface area contributed by atoms with Crippen molar-refractivity contribution in [2.45, 2.75) is 84.2 Å². The van der Waals surface area contributed by atoms with Gasteiger partial charge in [-0.1, -0.05) is 45.4 Å². The number of ether oxygens (including phenoxy) is 6. The van der Waals surface area contributed by atoms with E-state index in [0.29, 0.717) is 65.1 Å². The number of unbranched alkanes of at least 4 members (excludes halogenated alkanes) is 2. The lowest BCUT2D eigenvalue weighted by Crippen LogP contribution is -2.68. The topological polar surface area (TPSA) is 96.0 Å². The number of amides is 1. The van der Waals surface area contributed by atoms with Crippen molar-refractivity contribution in [2.24, 2.45) is 0 Å². The first-order valence-electron chi connectivity index (χ1n) is 16.3. The lowest BCUT2D eigenvalue weighted by atomic mass is 9.74. The molecule has 3 aliphatic heterocycles. The van der Waals surface area contributed by atoms with Crippen molar-refractivity contribution in [1.29, 1.82) is 0 Å². The van der Waals surface area contributed by atoms with E-state index in [1.54, 1.807) is 25.2 Å². The van der Waals surface area contributed by atoms with Crippen molar-refractivity contribution in [3.63, 3.8) is 0 Å². The Bertz CT molecular complexity index is 1500. The second-order valence-corrected chi connectivity index (χ2v) is 12.2. The largest absolute Gasteiger partial charge is 0.493 e. The van der Waals surface area contributed by atoms with Gasteiger partial charge in [0.1, 0.15) is 18.4 Å². The number of hydrogen-bond donors (Lipinski definition) is 0. The number of piperazine rings is 1. The van der Waals surface area contributed by atoms with Gasteiger partial charge in [-0.15, -0.1) is 0 Å². The van der Waals surface area contributed by atoms with Crippen LogP contribution in [0, 0.1) is 13.8 Å². The number of aryl methyl sites for hydroxylation is 1. The average molecular weight is 637 g/mol. The molecule has 0 aliphatic carbocycles. The van der Waals surface area contributed by atoms with Crippen LogP contribution in [0.4, 0.5) is 0 Å². The molecule has 5 rings (SSSR count). The maximum atomic E-state index is 15.2. The lowest BCUT2D eigenvalue weighted by molar-refractivity contribution is -0.173. The number of nitrogens with zero attached hydrogens (tertiary/aromatic N) is 2. The highest BCUT2D eigenvalue weighted by Crippen LogP contribution is 2.57. The van der Waals surface area contributed by atoms with Gasteiger partial charge in [0.05, 0.1) is 51.1 Å². The van der Waals surface area contributed by atoms with E-state index in [1.165, 1.54) is 7.11 Å². The number of carbonyl (C=O) groups excluding carboxylic acids is 2. The molecule has 1 saturated heterocycles. The molecule has 0 aromatic heterocycles. The van der Waals surface area contributed by atoms with Gasteiger partial charge in [-0.3, -0.25) is 19.4 Å². The fourth-order valence-electron chi connectivity index (χ4n) is 7.31. The van der Waals surface area contributed by atoms with Crippen molar-refractivity contribution >= 4 is 11.7 Å². The molecule has 4 atom stereocenters. The van der Waals surface area contributed by atoms with Gasteiger partial charge in [-0.25, -0.2) is 0 Å². The Hall–Kier alpha value is -3.76. The first-order chi connectivity index (χ1) is 22.2. The molecule has 0 radical (unpaired) electrons. The third-order valence-corrected chi connectivity index (χ3v) is 9.44. The van der Waals surface area contributed by atoms with E-state index in [2.05, 4.69) is 26.5 Å². The van der Waals surface area contributed by atoms with E-state index in [0.717, 1.165) is 42.4 Å². The Balaban J connectivity index is 1.82. The van der Waals surface area contributed by atoms with E-state index in [4.69, 9.17) is 28.4 Å². The highest BCUT2D eigenvalue weighted by Gasteiger charge is 2.59. The highest BCUT2D eigenvalue weighted by atomic mass is 16.5. The van der Waals surface area contributed by atoms with Crippen LogP contribution in [0.3, 0.4) is 0 Å². The molecule has 1 amide bonds. The first kappa shape index (κ1) is 33.6. The number of benzene rings is 2. The van der Waals surface area contributed by atoms with Crippen LogP contribution >= 0.6 is 0 Å². The minimum Gasteiger partial charge on any atom is -0.493 e. The molecule has 2 bridgehead atoms. The molecule has 2 aromatic carbocycles. The van der Waals surface area contributed by atoms with Gasteiger partial charge < -0.3 is 28.4 Å². The molecule has 3 heterocycles. The SMILES string of the molecule is C=CCOc1c(C)c(OC)c(OC)c2c1C(=O)C1[C@H]3c4c(cc(C)c(OC)c4OCCCC)C[C@@H](C(=O)N1[C@H]2OCCCC)N3C. The van der Waals surface area contributed by atoms with Gasteiger partial charge in [0.2, 0.25) is 5.91 Å². The Labute approximate surface area is 272 Å². The van der Waals surface area contributed by atoms with Gasteiger partial charge in [-0.2, -0.15) is 0 Å². The van der Waals surface area contributed by atoms with E-state index < -0.39 is 24.4 Å². The van der Waals surface area contributed by atoms with Crippen LogP contribution in [0.1, 0.15) is 90.0 Å². The van der Waals surface area contributed by atoms with Crippen LogP contribution in [0.25, 0.3) is 0 Å². The standard InChI is InChI=1S/C36H48N2O8/c1-10-13-16-45-34-24-22(18-20(4)30(34)41-7)19-23-35(40)38-28(27(24)37(23)6)29(39)25-26(36(38)46-17-14-11-2)33(43-9)32(42-8)21(5)31(25)44-15-12-3/h12,18,23,27-28,36H,3,10-11,13-17,19H2,1-2,4-9H3/t23-,27+,28?,36-/m0/s1. The molecular weight excluding hydrogens is 588 g/mol. The van der Waals surface area contributed by atoms with Crippen LogP contribution in [0.2, 0.25) is 0 Å². The highest BCUT2D eigenvalue weighted by molar-refractivity contribution is 6.10. The summed E-state index contributed by atoms with van der Waals surface area (Å²) in [7, 11) is 6.64. The Kier molecular flexibility index (Phi) is 10.2. The molecule has 46 heavy (non-hydrogen) atoms. The summed E-state index contributed by atoms with van der Waals surface area (Å²) in [5.74, 6) is 1.99. The average Bonchev–Trinajstić information content (AvgIpc) is 3.04. The summed E-state index contributed by atoms with van der Waals surface area (Å²) >= 11 is 0. The fourth-order valence-corrected chi connectivity index (χ4v) is 7.31. The predicted molar refractivity (Wildman–Crippen MR) is 175 cm³/mol. The molecule has 10 nitrogen and oxygen atoms in total. The molecule has 0 N–H and O–H groups in total. The summed E-state index contributed by atoms with van der Waals surface area (Å²) in [4.78, 5) is 33.5. The molecule has 0 saturated carbocycles. The maximum absolute atomic E-state index is 15.2. The minimum atomic E-state index is -0.934. The van der Waals surface area contributed by atoms with Crippen molar-refractivity contribution in [3.8, 4) is 28.7 Å². The Morgan fingerprint density at radius 3 is 2.17 bits per heavy atom. The molecule has 250 valence electrons. The lowest BCUT2D eigenvalue weighted by Gasteiger charge is -2.56. The van der Waals surface area contributed by atoms with Crippen molar-refractivity contribution < 1.29 is 38.0 Å².